The number of hydrogen-bond acceptors (Lipinski definition) is 8. The van der Waals surface area contributed by atoms with Crippen LogP contribution in [0.15, 0.2) is 53.6 Å². The summed E-state index contributed by atoms with van der Waals surface area (Å²) in [5.74, 6) is -4.35. The van der Waals surface area contributed by atoms with Crippen molar-refractivity contribution in [3.05, 3.63) is 70.6 Å². The van der Waals surface area contributed by atoms with Gasteiger partial charge in [0.05, 0.1) is 59.0 Å². The Morgan fingerprint density at radius 1 is 1.16 bits per heavy atom. The van der Waals surface area contributed by atoms with Crippen LogP contribution in [-0.4, -0.2) is 53.9 Å². The lowest BCUT2D eigenvalue weighted by Crippen LogP contribution is -2.24. The number of ether oxygens (including phenoxy) is 2. The molecule has 4 heterocycles. The van der Waals surface area contributed by atoms with E-state index in [1.54, 1.807) is 43.5 Å². The minimum Gasteiger partial charge on any atom is -0.492 e. The quantitative estimate of drug-likeness (QED) is 0.278. The monoisotopic (exact) mass is 632 g/mol. The van der Waals surface area contributed by atoms with Gasteiger partial charge in [0.2, 0.25) is 15.3 Å². The number of hydrogen-bond donors (Lipinski definition) is 1. The molecule has 1 aromatic carbocycles. The number of nitrogens with one attached hydrogen (secondary N) is 1. The molecule has 3 aromatic heterocycles. The SMILES string of the molecule is CCOc1ccc(-c2ccc3cnc(CNC(=O)c4cc(Cl)c5c(c4)S(=O)(=O)[C@@H](F)CCO5)cc3n2)nc1[C@H]1CC1(F)F. The second-order valence-corrected chi connectivity index (χ2v) is 12.6. The van der Waals surface area contributed by atoms with Crippen LogP contribution in [-0.2, 0) is 16.4 Å². The molecule has 0 bridgehead atoms. The molecule has 1 N–H and O–H groups in total. The van der Waals surface area contributed by atoms with E-state index in [1.807, 2.05) is 0 Å². The molecule has 0 unspecified atom stereocenters. The number of sulfone groups is 1. The summed E-state index contributed by atoms with van der Waals surface area (Å²) in [7, 11) is -4.40. The predicted molar refractivity (Wildman–Crippen MR) is 151 cm³/mol. The van der Waals surface area contributed by atoms with Gasteiger partial charge < -0.3 is 14.8 Å². The largest absolute Gasteiger partial charge is 0.492 e. The zero-order valence-corrected chi connectivity index (χ0v) is 24.2. The first kappa shape index (κ1) is 29.1. The Hall–Kier alpha value is -3.97. The fourth-order valence-electron chi connectivity index (χ4n) is 4.81. The smallest absolute Gasteiger partial charge is 0.257 e. The second kappa shape index (κ2) is 10.9. The zero-order chi connectivity index (χ0) is 30.5. The average molecular weight is 633 g/mol. The maximum absolute atomic E-state index is 14.3. The molecule has 1 fully saturated rings. The van der Waals surface area contributed by atoms with Crippen LogP contribution in [0.2, 0.25) is 5.02 Å². The fourth-order valence-corrected chi connectivity index (χ4v) is 6.54. The molecule has 0 saturated heterocycles. The van der Waals surface area contributed by atoms with Gasteiger partial charge in [-0.2, -0.15) is 0 Å². The Morgan fingerprint density at radius 2 is 1.91 bits per heavy atom. The lowest BCUT2D eigenvalue weighted by atomic mass is 10.1. The first-order chi connectivity index (χ1) is 20.5. The van der Waals surface area contributed by atoms with E-state index in [9.17, 15) is 26.4 Å². The van der Waals surface area contributed by atoms with Gasteiger partial charge in [0.15, 0.2) is 5.75 Å². The highest BCUT2D eigenvalue weighted by Gasteiger charge is 2.59. The van der Waals surface area contributed by atoms with Gasteiger partial charge in [-0.15, -0.1) is 0 Å². The van der Waals surface area contributed by atoms with E-state index in [1.165, 1.54) is 6.07 Å². The fraction of sp³-hybridized carbons (Fsp3) is 0.310. The summed E-state index contributed by atoms with van der Waals surface area (Å²) in [4.78, 5) is 25.9. The van der Waals surface area contributed by atoms with Crippen molar-refractivity contribution < 1.29 is 35.9 Å². The minimum atomic E-state index is -4.40. The number of amides is 1. The standard InChI is InChI=1S/C29H24ClF3N4O5S/c1-2-41-23-6-5-21(37-26(23)18-12-29(18,32)33)20-4-3-15-13-34-17(11-22(15)36-20)14-35-28(38)16-9-19(30)27-24(10-16)43(39,40)25(31)7-8-42-27/h3-6,9-11,13,18,25H,2,7-8,12,14H2,1H3,(H,35,38)/t18-,25-/m1/s1. The third-order valence-corrected chi connectivity index (χ3v) is 9.28. The molecule has 43 heavy (non-hydrogen) atoms. The molecule has 6 rings (SSSR count). The maximum atomic E-state index is 14.3. The Morgan fingerprint density at radius 3 is 2.65 bits per heavy atom. The van der Waals surface area contributed by atoms with Crippen LogP contribution < -0.4 is 14.8 Å². The van der Waals surface area contributed by atoms with Crippen molar-refractivity contribution in [1.29, 1.82) is 0 Å². The lowest BCUT2D eigenvalue weighted by molar-refractivity contribution is 0.0949. The highest BCUT2D eigenvalue weighted by atomic mass is 35.5. The molecule has 2 aliphatic rings. The summed E-state index contributed by atoms with van der Waals surface area (Å²) in [6.45, 7) is 1.86. The predicted octanol–water partition coefficient (Wildman–Crippen LogP) is 5.65. The average Bonchev–Trinajstić information content (AvgIpc) is 3.65. The Balaban J connectivity index is 1.23. The molecule has 14 heteroatoms. The lowest BCUT2D eigenvalue weighted by Gasteiger charge is -2.12. The van der Waals surface area contributed by atoms with Crippen molar-refractivity contribution in [2.75, 3.05) is 13.2 Å². The van der Waals surface area contributed by atoms with E-state index in [0.29, 0.717) is 40.3 Å². The van der Waals surface area contributed by atoms with Crippen molar-refractivity contribution in [1.82, 2.24) is 20.3 Å². The Bertz CT molecular complexity index is 1870. The van der Waals surface area contributed by atoms with Gasteiger partial charge in [-0.1, -0.05) is 11.6 Å². The van der Waals surface area contributed by atoms with Crippen LogP contribution in [0.1, 0.15) is 47.4 Å². The number of carbonyl (C=O) groups excluding carboxylic acids is 1. The molecule has 2 atom stereocenters. The van der Waals surface area contributed by atoms with Crippen LogP contribution >= 0.6 is 11.6 Å². The van der Waals surface area contributed by atoms with E-state index in [0.717, 1.165) is 6.07 Å². The van der Waals surface area contributed by atoms with Gasteiger partial charge >= 0.3 is 0 Å². The zero-order valence-electron chi connectivity index (χ0n) is 22.6. The second-order valence-electron chi connectivity index (χ2n) is 10.2. The highest BCUT2D eigenvalue weighted by Crippen LogP contribution is 2.57. The van der Waals surface area contributed by atoms with Gasteiger partial charge in [0.1, 0.15) is 10.6 Å². The first-order valence-electron chi connectivity index (χ1n) is 13.4. The summed E-state index contributed by atoms with van der Waals surface area (Å²) in [6.07, 6.45) is 0.928. The maximum Gasteiger partial charge on any atom is 0.257 e. The number of nitrogens with zero attached hydrogens (tertiary/aromatic N) is 3. The van der Waals surface area contributed by atoms with E-state index >= 15 is 0 Å². The molecular weight excluding hydrogens is 609 g/mol. The summed E-state index contributed by atoms with van der Waals surface area (Å²) < 4.78 is 78.1. The molecule has 224 valence electrons. The third-order valence-electron chi connectivity index (χ3n) is 7.17. The van der Waals surface area contributed by atoms with Gasteiger partial charge in [0.25, 0.3) is 11.8 Å². The molecular formula is C29H24ClF3N4O5S. The Kier molecular flexibility index (Phi) is 7.41. The molecule has 0 radical (unpaired) electrons. The Labute approximate surface area is 249 Å². The van der Waals surface area contributed by atoms with Crippen LogP contribution in [0, 0.1) is 0 Å². The van der Waals surface area contributed by atoms with Gasteiger partial charge in [-0.25, -0.2) is 31.6 Å². The topological polar surface area (TPSA) is 120 Å². The van der Waals surface area contributed by atoms with Gasteiger partial charge in [-0.05, 0) is 49.4 Å². The van der Waals surface area contributed by atoms with Gasteiger partial charge in [0, 0.05) is 30.0 Å². The van der Waals surface area contributed by atoms with Crippen molar-refractivity contribution in [3.8, 4) is 22.9 Å². The van der Waals surface area contributed by atoms with Crippen LogP contribution in [0.25, 0.3) is 22.3 Å². The van der Waals surface area contributed by atoms with E-state index < -0.39 is 38.0 Å². The molecule has 1 amide bonds. The number of fused-ring (bicyclic) bond motifs is 2. The van der Waals surface area contributed by atoms with Gasteiger partial charge in [-0.3, -0.25) is 9.78 Å². The molecule has 9 nitrogen and oxygen atoms in total. The van der Waals surface area contributed by atoms with Crippen molar-refractivity contribution in [3.63, 3.8) is 0 Å². The summed E-state index contributed by atoms with van der Waals surface area (Å²) >= 11 is 6.19. The van der Waals surface area contributed by atoms with Crippen LogP contribution in [0.3, 0.4) is 0 Å². The number of rotatable bonds is 7. The van der Waals surface area contributed by atoms with E-state index in [-0.39, 0.29) is 48.0 Å². The van der Waals surface area contributed by atoms with Crippen LogP contribution in [0.4, 0.5) is 13.2 Å². The first-order valence-corrected chi connectivity index (χ1v) is 15.3. The van der Waals surface area contributed by atoms with Crippen molar-refractivity contribution in [2.24, 2.45) is 0 Å². The number of halogens is 4. The molecule has 4 aromatic rings. The summed E-state index contributed by atoms with van der Waals surface area (Å²) in [5.41, 5.74) is -0.254. The summed E-state index contributed by atoms with van der Waals surface area (Å²) in [6, 6.07) is 10.7. The third kappa shape index (κ3) is 5.58. The highest BCUT2D eigenvalue weighted by molar-refractivity contribution is 7.92. The summed E-state index contributed by atoms with van der Waals surface area (Å²) in [5, 5.41) is 3.22. The molecule has 0 spiro atoms. The van der Waals surface area contributed by atoms with Crippen molar-refractivity contribution in [2.45, 2.75) is 48.5 Å². The molecule has 1 saturated carbocycles. The number of pyridine rings is 3. The number of benzene rings is 1. The molecule has 1 aliphatic carbocycles. The van der Waals surface area contributed by atoms with E-state index in [2.05, 4.69) is 20.3 Å². The number of carbonyl (C=O) groups is 1. The normalized spacial score (nSPS) is 20.0. The van der Waals surface area contributed by atoms with Crippen LogP contribution in [0.5, 0.6) is 11.5 Å². The minimum absolute atomic E-state index is 0.0490. The number of aromatic nitrogens is 3. The molecule has 1 aliphatic heterocycles. The van der Waals surface area contributed by atoms with Crippen molar-refractivity contribution >= 4 is 38.2 Å². The number of alkyl halides is 3. The van der Waals surface area contributed by atoms with E-state index in [4.69, 9.17) is 21.1 Å².